The molecule has 0 amide bonds. The van der Waals surface area contributed by atoms with Crippen LogP contribution in [-0.4, -0.2) is 24.7 Å². The Morgan fingerprint density at radius 1 is 1.73 bits per heavy atom. The van der Waals surface area contributed by atoms with Crippen molar-refractivity contribution in [1.29, 1.82) is 5.26 Å². The van der Waals surface area contributed by atoms with Gasteiger partial charge >= 0.3 is 0 Å². The van der Waals surface area contributed by atoms with E-state index >= 15 is 0 Å². The maximum atomic E-state index is 8.85. The number of nitrogen functional groups attached to an aromatic ring is 1. The van der Waals surface area contributed by atoms with Crippen LogP contribution in [0.15, 0.2) is 12.3 Å². The smallest absolute Gasteiger partial charge is 0.144 e. The Balaban J connectivity index is 2.73. The molecule has 0 aromatic carbocycles. The predicted octanol–water partition coefficient (Wildman–Crippen LogP) is 0.982. The molecule has 5 nitrogen and oxygen atoms in total. The summed E-state index contributed by atoms with van der Waals surface area (Å²) < 4.78 is 5.07. The Hall–Kier alpha value is -1.80. The molecule has 0 spiro atoms. The van der Waals surface area contributed by atoms with Crippen LogP contribution in [0.4, 0.5) is 11.5 Å². The van der Waals surface area contributed by atoms with Gasteiger partial charge in [-0.3, -0.25) is 0 Å². The van der Waals surface area contributed by atoms with Gasteiger partial charge in [0.2, 0.25) is 0 Å². The second-order valence-electron chi connectivity index (χ2n) is 3.20. The highest BCUT2D eigenvalue weighted by Crippen LogP contribution is 2.14. The minimum atomic E-state index is 0.0656. The van der Waals surface area contributed by atoms with Crippen molar-refractivity contribution in [2.45, 2.75) is 13.0 Å². The Morgan fingerprint density at radius 3 is 3.07 bits per heavy atom. The summed E-state index contributed by atoms with van der Waals surface area (Å²) >= 11 is 0. The molecular formula is C10H14N4O. The molecule has 0 fully saturated rings. The normalized spacial score (nSPS) is 11.8. The van der Waals surface area contributed by atoms with Crippen molar-refractivity contribution in [3.63, 3.8) is 0 Å². The van der Waals surface area contributed by atoms with Gasteiger partial charge in [-0.1, -0.05) is 0 Å². The van der Waals surface area contributed by atoms with Crippen LogP contribution < -0.4 is 11.1 Å². The highest BCUT2D eigenvalue weighted by Gasteiger charge is 2.05. The van der Waals surface area contributed by atoms with Crippen molar-refractivity contribution in [3.8, 4) is 6.07 Å². The van der Waals surface area contributed by atoms with E-state index in [2.05, 4.69) is 10.3 Å². The lowest BCUT2D eigenvalue weighted by molar-refractivity contribution is 0.128. The van der Waals surface area contributed by atoms with Crippen LogP contribution in [0, 0.1) is 11.3 Å². The summed E-state index contributed by atoms with van der Waals surface area (Å²) in [6, 6.07) is 3.62. The average Bonchev–Trinajstić information content (AvgIpc) is 2.26. The van der Waals surface area contributed by atoms with Crippen molar-refractivity contribution >= 4 is 11.5 Å². The Morgan fingerprint density at radius 2 is 2.47 bits per heavy atom. The lowest BCUT2D eigenvalue weighted by Gasteiger charge is -2.12. The highest BCUT2D eigenvalue weighted by atomic mass is 16.5. The number of rotatable bonds is 4. The van der Waals surface area contributed by atoms with Gasteiger partial charge in [-0.05, 0) is 13.0 Å². The summed E-state index contributed by atoms with van der Waals surface area (Å²) in [4.78, 5) is 4.04. The van der Waals surface area contributed by atoms with Crippen LogP contribution in [0.2, 0.25) is 0 Å². The van der Waals surface area contributed by atoms with E-state index < -0.39 is 0 Å². The maximum absolute atomic E-state index is 8.85. The third kappa shape index (κ3) is 3.11. The van der Waals surface area contributed by atoms with Crippen molar-refractivity contribution in [2.24, 2.45) is 0 Å². The van der Waals surface area contributed by atoms with Crippen molar-refractivity contribution in [2.75, 3.05) is 24.7 Å². The number of ether oxygens (including phenoxy) is 1. The molecule has 0 bridgehead atoms. The highest BCUT2D eigenvalue weighted by molar-refractivity contribution is 5.57. The molecule has 1 heterocycles. The maximum Gasteiger partial charge on any atom is 0.144 e. The summed E-state index contributed by atoms with van der Waals surface area (Å²) in [5, 5.41) is 11.9. The van der Waals surface area contributed by atoms with E-state index in [-0.39, 0.29) is 6.10 Å². The molecule has 0 saturated heterocycles. The largest absolute Gasteiger partial charge is 0.397 e. The van der Waals surface area contributed by atoms with E-state index in [0.29, 0.717) is 23.6 Å². The second kappa shape index (κ2) is 5.17. The third-order valence-electron chi connectivity index (χ3n) is 1.99. The molecule has 0 saturated carbocycles. The fourth-order valence-electron chi connectivity index (χ4n) is 1.03. The van der Waals surface area contributed by atoms with Crippen LogP contribution in [0.3, 0.4) is 0 Å². The van der Waals surface area contributed by atoms with Gasteiger partial charge in [-0.25, -0.2) is 4.98 Å². The number of nitriles is 1. The topological polar surface area (TPSA) is 84.0 Å². The van der Waals surface area contributed by atoms with Gasteiger partial charge < -0.3 is 15.8 Å². The van der Waals surface area contributed by atoms with Crippen molar-refractivity contribution < 1.29 is 4.74 Å². The molecule has 0 aliphatic rings. The minimum Gasteiger partial charge on any atom is -0.397 e. The Bertz CT molecular complexity index is 372. The number of pyridine rings is 1. The van der Waals surface area contributed by atoms with Crippen LogP contribution in [-0.2, 0) is 4.74 Å². The number of hydrogen-bond acceptors (Lipinski definition) is 5. The molecule has 0 aliphatic carbocycles. The van der Waals surface area contributed by atoms with Crippen molar-refractivity contribution in [3.05, 3.63) is 17.8 Å². The summed E-state index contributed by atoms with van der Waals surface area (Å²) in [5.41, 5.74) is 6.45. The number of anilines is 2. The van der Waals surface area contributed by atoms with Crippen LogP contribution in [0.25, 0.3) is 0 Å². The molecule has 1 unspecified atom stereocenters. The number of nitrogens with one attached hydrogen (secondary N) is 1. The third-order valence-corrected chi connectivity index (χ3v) is 1.99. The molecule has 15 heavy (non-hydrogen) atoms. The average molecular weight is 206 g/mol. The molecule has 1 aromatic rings. The van der Waals surface area contributed by atoms with Gasteiger partial charge in [0.1, 0.15) is 11.9 Å². The Labute approximate surface area is 88.9 Å². The van der Waals surface area contributed by atoms with Gasteiger partial charge in [0.25, 0.3) is 0 Å². The minimum absolute atomic E-state index is 0.0656. The zero-order valence-electron chi connectivity index (χ0n) is 8.82. The number of nitrogens with zero attached hydrogens (tertiary/aromatic N) is 2. The molecule has 0 radical (unpaired) electrons. The first kappa shape index (κ1) is 11.3. The van der Waals surface area contributed by atoms with E-state index in [4.69, 9.17) is 15.7 Å². The molecule has 5 heteroatoms. The number of hydrogen-bond donors (Lipinski definition) is 2. The first-order valence-corrected chi connectivity index (χ1v) is 4.59. The fourth-order valence-corrected chi connectivity index (χ4v) is 1.03. The molecule has 80 valence electrons. The fraction of sp³-hybridized carbons (Fsp3) is 0.400. The molecule has 1 rings (SSSR count). The quantitative estimate of drug-likeness (QED) is 0.767. The molecule has 3 N–H and O–H groups in total. The van der Waals surface area contributed by atoms with Gasteiger partial charge in [0, 0.05) is 13.7 Å². The lowest BCUT2D eigenvalue weighted by Crippen LogP contribution is -2.19. The summed E-state index contributed by atoms with van der Waals surface area (Å²) in [6.07, 6.45) is 1.58. The molecule has 1 aromatic heterocycles. The van der Waals surface area contributed by atoms with E-state index in [1.807, 2.05) is 13.0 Å². The zero-order chi connectivity index (χ0) is 11.3. The zero-order valence-corrected chi connectivity index (χ0v) is 8.82. The van der Waals surface area contributed by atoms with Crippen LogP contribution in [0.5, 0.6) is 0 Å². The van der Waals surface area contributed by atoms with E-state index in [1.54, 1.807) is 13.2 Å². The monoisotopic (exact) mass is 206 g/mol. The number of nitrogens with two attached hydrogens (primary N) is 1. The van der Waals surface area contributed by atoms with Crippen LogP contribution >= 0.6 is 0 Å². The summed E-state index contributed by atoms with van der Waals surface area (Å²) in [5.74, 6) is 0.538. The summed E-state index contributed by atoms with van der Waals surface area (Å²) in [6.45, 7) is 2.53. The van der Waals surface area contributed by atoms with E-state index in [1.165, 1.54) is 6.20 Å². The van der Waals surface area contributed by atoms with Gasteiger partial charge in [0.05, 0.1) is 23.6 Å². The van der Waals surface area contributed by atoms with E-state index in [9.17, 15) is 0 Å². The molecule has 1 atom stereocenters. The lowest BCUT2D eigenvalue weighted by atomic mass is 10.2. The first-order chi connectivity index (χ1) is 7.17. The van der Waals surface area contributed by atoms with Gasteiger partial charge in [-0.2, -0.15) is 5.26 Å². The van der Waals surface area contributed by atoms with E-state index in [0.717, 1.165) is 0 Å². The predicted molar refractivity (Wildman–Crippen MR) is 58.3 cm³/mol. The SMILES string of the molecule is COC(C)CNc1ncc(N)cc1C#N. The first-order valence-electron chi connectivity index (χ1n) is 4.59. The van der Waals surface area contributed by atoms with Gasteiger partial charge in [-0.15, -0.1) is 0 Å². The standard InChI is InChI=1S/C10H14N4O/c1-7(15-2)5-13-10-8(4-11)3-9(12)6-14-10/h3,6-7H,5,12H2,1-2H3,(H,13,14). The summed E-state index contributed by atoms with van der Waals surface area (Å²) in [7, 11) is 1.63. The van der Waals surface area contributed by atoms with Crippen molar-refractivity contribution in [1.82, 2.24) is 4.98 Å². The molecular weight excluding hydrogens is 192 g/mol. The van der Waals surface area contributed by atoms with Gasteiger partial charge in [0.15, 0.2) is 0 Å². The number of methoxy groups -OCH3 is 1. The Kier molecular flexibility index (Phi) is 3.89. The molecule has 0 aliphatic heterocycles. The van der Waals surface area contributed by atoms with Crippen LogP contribution in [0.1, 0.15) is 12.5 Å². The number of aromatic nitrogens is 1. The second-order valence-corrected chi connectivity index (χ2v) is 3.20.